The Kier molecular flexibility index (Phi) is 18.2. The summed E-state index contributed by atoms with van der Waals surface area (Å²) >= 11 is 6.89. The third kappa shape index (κ3) is 11.7. The first-order chi connectivity index (χ1) is 22.7. The monoisotopic (exact) mass is 726 g/mol. The molecule has 1 aliphatic carbocycles. The van der Waals surface area contributed by atoms with Gasteiger partial charge in [0.25, 0.3) is 0 Å². The number of hydrogen-bond acceptors (Lipinski definition) is 12. The lowest BCUT2D eigenvalue weighted by molar-refractivity contribution is 0.0100. The Hall–Kier alpha value is -1.12. The predicted octanol–water partition coefficient (Wildman–Crippen LogP) is 7.75. The van der Waals surface area contributed by atoms with Crippen molar-refractivity contribution in [3.8, 4) is 0 Å². The normalized spacial score (nSPS) is 17.7. The molecule has 0 aliphatic heterocycles. The topological polar surface area (TPSA) is 107 Å². The number of aliphatic hydroxyl groups is 2. The molecule has 0 heterocycles. The molecule has 0 amide bonds. The van der Waals surface area contributed by atoms with Crippen LogP contribution in [0.5, 0.6) is 0 Å². The Morgan fingerprint density at radius 1 is 0.681 bits per heavy atom. The molecule has 1 fully saturated rings. The predicted molar refractivity (Wildman–Crippen MR) is 209 cm³/mol. The van der Waals surface area contributed by atoms with Gasteiger partial charge >= 0.3 is 0 Å². The molecule has 8 nitrogen and oxygen atoms in total. The molecular weight excluding hydrogens is 669 g/mol. The molecule has 12 heteroatoms. The Balaban J connectivity index is 1.30. The second-order valence-corrected chi connectivity index (χ2v) is 15.5. The number of anilines is 4. The van der Waals surface area contributed by atoms with Gasteiger partial charge < -0.3 is 41.0 Å². The van der Waals surface area contributed by atoms with E-state index in [1.807, 2.05) is 14.1 Å². The third-order valence-corrected chi connectivity index (χ3v) is 12.0. The Labute approximate surface area is 300 Å². The van der Waals surface area contributed by atoms with Crippen LogP contribution in [0.4, 0.5) is 22.7 Å². The van der Waals surface area contributed by atoms with Gasteiger partial charge in [0.1, 0.15) is 0 Å². The molecule has 1 aliphatic rings. The van der Waals surface area contributed by atoms with Gasteiger partial charge in [-0.05, 0) is 106 Å². The minimum absolute atomic E-state index is 0.334. The largest absolute Gasteiger partial charge is 0.391 e. The summed E-state index contributed by atoms with van der Waals surface area (Å²) in [5, 5.41) is 35.0. The average Bonchev–Trinajstić information content (AvgIpc) is 3.08. The molecule has 47 heavy (non-hydrogen) atoms. The second kappa shape index (κ2) is 21.2. The molecule has 2 aromatic carbocycles. The summed E-state index contributed by atoms with van der Waals surface area (Å²) in [7, 11) is 3.91. The zero-order chi connectivity index (χ0) is 34.3. The van der Waals surface area contributed by atoms with Crippen LogP contribution in [0, 0.1) is 25.7 Å². The maximum absolute atomic E-state index is 10.7. The van der Waals surface area contributed by atoms with E-state index < -0.39 is 12.2 Å². The smallest absolute Gasteiger partial charge is 0.0945 e. The lowest BCUT2D eigenvalue weighted by Crippen LogP contribution is -2.28. The summed E-state index contributed by atoms with van der Waals surface area (Å²) in [6.07, 6.45) is 12.5. The van der Waals surface area contributed by atoms with Gasteiger partial charge in [0.15, 0.2) is 0 Å². The van der Waals surface area contributed by atoms with E-state index in [1.54, 1.807) is 47.0 Å². The highest BCUT2D eigenvalue weighted by Gasteiger charge is 2.23. The molecule has 0 spiro atoms. The van der Waals surface area contributed by atoms with Gasteiger partial charge in [-0.3, -0.25) is 0 Å². The molecular formula is C35H58N4O4S4. The molecule has 0 saturated heterocycles. The van der Waals surface area contributed by atoms with E-state index in [4.69, 9.17) is 9.47 Å². The van der Waals surface area contributed by atoms with Crippen LogP contribution in [0.25, 0.3) is 0 Å². The van der Waals surface area contributed by atoms with Crippen LogP contribution in [0.2, 0.25) is 0 Å². The molecule has 2 atom stereocenters. The Morgan fingerprint density at radius 2 is 1.17 bits per heavy atom. The molecule has 0 bridgehead atoms. The molecule has 1 saturated carbocycles. The summed E-state index contributed by atoms with van der Waals surface area (Å²) < 4.78 is 12.0. The summed E-state index contributed by atoms with van der Waals surface area (Å²) in [5.41, 5.74) is 6.83. The van der Waals surface area contributed by atoms with Gasteiger partial charge in [-0.25, -0.2) is 0 Å². The number of ether oxygens (including phenoxy) is 2. The average molecular weight is 727 g/mol. The van der Waals surface area contributed by atoms with Gasteiger partial charge in [-0.15, -0.1) is 47.0 Å². The van der Waals surface area contributed by atoms with Crippen molar-refractivity contribution in [2.24, 2.45) is 11.8 Å². The van der Waals surface area contributed by atoms with Gasteiger partial charge in [-0.2, -0.15) is 0 Å². The Bertz CT molecular complexity index is 1250. The quantitative estimate of drug-likeness (QED) is 0.0560. The molecule has 2 aromatic rings. The number of nitrogens with one attached hydrogen (secondary N) is 4. The maximum Gasteiger partial charge on any atom is 0.0945 e. The van der Waals surface area contributed by atoms with Crippen LogP contribution < -0.4 is 21.3 Å². The van der Waals surface area contributed by atoms with E-state index in [2.05, 4.69) is 72.3 Å². The number of hydrogen-bond donors (Lipinski definition) is 6. The minimum Gasteiger partial charge on any atom is -0.391 e. The minimum atomic E-state index is -0.569. The first-order valence-electron chi connectivity index (χ1n) is 16.6. The van der Waals surface area contributed by atoms with E-state index in [9.17, 15) is 10.2 Å². The number of aryl methyl sites for hydroxylation is 2. The fourth-order valence-corrected chi connectivity index (χ4v) is 9.40. The fourth-order valence-electron chi connectivity index (χ4n) is 6.18. The summed E-state index contributed by atoms with van der Waals surface area (Å²) in [6.45, 7) is 7.52. The van der Waals surface area contributed by atoms with Crippen LogP contribution in [0.15, 0.2) is 31.7 Å². The second-order valence-electron chi connectivity index (χ2n) is 12.2. The Morgan fingerprint density at radius 3 is 1.72 bits per heavy atom. The van der Waals surface area contributed by atoms with Crippen molar-refractivity contribution in [2.75, 3.05) is 99.9 Å². The van der Waals surface area contributed by atoms with Crippen LogP contribution in [0.1, 0.15) is 43.2 Å². The van der Waals surface area contributed by atoms with Crippen LogP contribution >= 0.6 is 47.0 Å². The lowest BCUT2D eigenvalue weighted by atomic mass is 9.83. The molecule has 6 N–H and O–H groups in total. The SMILES string of the molecule is CNc1c(C)cc(SC)c(NCC(O)CCOCC2CCC(COCC(O)CNc3c(C)cc(SC)c(NC)c3SC)CC2)c1SC. The first kappa shape index (κ1) is 40.3. The molecule has 266 valence electrons. The van der Waals surface area contributed by atoms with E-state index >= 15 is 0 Å². The standard InChI is InChI=1S/C35H58N4O4S4/c1-22-15-29(45-6)33(34(46-7)30(22)36-3)39-17-26(40)13-14-42-19-24-9-11-25(12-10-24)20-43-21-27(41)18-38-31-23(2)16-28(44-5)32(37-4)35(31)47-8/h15-16,24-27,36-41H,9-14,17-21H2,1-8H3. The lowest BCUT2D eigenvalue weighted by Gasteiger charge is -2.28. The van der Waals surface area contributed by atoms with Crippen LogP contribution in [0.3, 0.4) is 0 Å². The third-order valence-electron chi connectivity index (χ3n) is 8.84. The van der Waals surface area contributed by atoms with E-state index in [0.29, 0.717) is 51.2 Å². The number of rotatable bonds is 21. The van der Waals surface area contributed by atoms with Crippen molar-refractivity contribution in [3.05, 3.63) is 23.3 Å². The van der Waals surface area contributed by atoms with Gasteiger partial charge in [0.05, 0.1) is 51.4 Å². The van der Waals surface area contributed by atoms with E-state index in [1.165, 1.54) is 30.7 Å². The molecule has 0 radical (unpaired) electrons. The zero-order valence-corrected chi connectivity index (χ0v) is 32.9. The maximum atomic E-state index is 10.7. The van der Waals surface area contributed by atoms with Crippen molar-refractivity contribution >= 4 is 69.8 Å². The molecule has 3 rings (SSSR count). The zero-order valence-electron chi connectivity index (χ0n) is 29.6. The highest BCUT2D eigenvalue weighted by Crippen LogP contribution is 2.43. The fraction of sp³-hybridized carbons (Fsp3) is 0.657. The highest BCUT2D eigenvalue weighted by atomic mass is 32.2. The van der Waals surface area contributed by atoms with Crippen molar-refractivity contribution in [1.29, 1.82) is 0 Å². The number of thioether (sulfide) groups is 4. The van der Waals surface area contributed by atoms with Gasteiger partial charge in [-0.1, -0.05) is 0 Å². The number of aliphatic hydroxyl groups excluding tert-OH is 2. The van der Waals surface area contributed by atoms with Crippen molar-refractivity contribution < 1.29 is 19.7 Å². The van der Waals surface area contributed by atoms with Crippen molar-refractivity contribution in [1.82, 2.24) is 0 Å². The first-order valence-corrected chi connectivity index (χ1v) is 21.5. The van der Waals surface area contributed by atoms with Crippen molar-refractivity contribution in [2.45, 2.75) is 77.7 Å². The van der Waals surface area contributed by atoms with Crippen LogP contribution in [-0.4, -0.2) is 101 Å². The summed E-state index contributed by atoms with van der Waals surface area (Å²) in [4.78, 5) is 4.78. The van der Waals surface area contributed by atoms with E-state index in [0.717, 1.165) is 55.0 Å². The number of benzene rings is 2. The summed E-state index contributed by atoms with van der Waals surface area (Å²) in [5.74, 6) is 1.09. The van der Waals surface area contributed by atoms with Crippen LogP contribution in [-0.2, 0) is 9.47 Å². The van der Waals surface area contributed by atoms with E-state index in [-0.39, 0.29) is 0 Å². The molecule has 0 aromatic heterocycles. The van der Waals surface area contributed by atoms with Crippen molar-refractivity contribution in [3.63, 3.8) is 0 Å². The summed E-state index contributed by atoms with van der Waals surface area (Å²) in [6, 6.07) is 4.39. The highest BCUT2D eigenvalue weighted by molar-refractivity contribution is 8.00. The van der Waals surface area contributed by atoms with Gasteiger partial charge in [0, 0.05) is 56.8 Å². The van der Waals surface area contributed by atoms with Gasteiger partial charge in [0.2, 0.25) is 0 Å². The molecule has 2 unspecified atom stereocenters.